The van der Waals surface area contributed by atoms with Gasteiger partial charge in [0.15, 0.2) is 0 Å². The van der Waals surface area contributed by atoms with Gasteiger partial charge in [-0.1, -0.05) is 6.08 Å². The number of carbonyl (C=O) groups excluding carboxylic acids is 1. The van der Waals surface area contributed by atoms with Gasteiger partial charge in [0.05, 0.1) is 0 Å². The van der Waals surface area contributed by atoms with Crippen LogP contribution in [-0.2, 0) is 4.79 Å². The first-order valence-corrected chi connectivity index (χ1v) is 4.11. The van der Waals surface area contributed by atoms with Crippen molar-refractivity contribution in [3.8, 4) is 0 Å². The van der Waals surface area contributed by atoms with E-state index in [0.29, 0.717) is 6.54 Å². The minimum absolute atomic E-state index is 0.0119. The van der Waals surface area contributed by atoms with E-state index in [9.17, 15) is 4.79 Å². The molecule has 0 aromatic rings. The van der Waals surface area contributed by atoms with E-state index in [0.717, 1.165) is 12.1 Å². The summed E-state index contributed by atoms with van der Waals surface area (Å²) >= 11 is 0. The Balaban J connectivity index is 2.62. The summed E-state index contributed by atoms with van der Waals surface area (Å²) in [6.07, 6.45) is 5.75. The molecule has 1 N–H and O–H groups in total. The predicted molar refractivity (Wildman–Crippen MR) is 48.5 cm³/mol. The summed E-state index contributed by atoms with van der Waals surface area (Å²) in [6.45, 7) is 3.72. The van der Waals surface area contributed by atoms with Crippen LogP contribution in [0.5, 0.6) is 0 Å². The van der Waals surface area contributed by atoms with Crippen LogP contribution in [-0.4, -0.2) is 30.9 Å². The SMILES string of the molecule is CCN1C=CC=C(C(=O)NC)C1. The standard InChI is InChI=1S/C9H14N2O/c1-3-11-6-4-5-8(7-11)9(12)10-2/h4-6H,3,7H2,1-2H3,(H,10,12). The number of rotatable bonds is 2. The highest BCUT2D eigenvalue weighted by Crippen LogP contribution is 2.06. The number of nitrogens with zero attached hydrogens (tertiary/aromatic N) is 1. The van der Waals surface area contributed by atoms with Crippen molar-refractivity contribution in [2.24, 2.45) is 0 Å². The third-order valence-corrected chi connectivity index (χ3v) is 1.89. The Morgan fingerprint density at radius 3 is 3.08 bits per heavy atom. The van der Waals surface area contributed by atoms with Crippen LogP contribution in [0.2, 0.25) is 0 Å². The molecule has 1 aliphatic rings. The first kappa shape index (κ1) is 8.84. The van der Waals surface area contributed by atoms with Crippen LogP contribution in [0, 0.1) is 0 Å². The summed E-state index contributed by atoms with van der Waals surface area (Å²) in [5.74, 6) is 0.0119. The summed E-state index contributed by atoms with van der Waals surface area (Å²) in [4.78, 5) is 13.3. The molecule has 0 fully saturated rings. The van der Waals surface area contributed by atoms with Gasteiger partial charge in [-0.15, -0.1) is 0 Å². The summed E-state index contributed by atoms with van der Waals surface area (Å²) < 4.78 is 0. The topological polar surface area (TPSA) is 32.3 Å². The monoisotopic (exact) mass is 166 g/mol. The molecule has 0 atom stereocenters. The third kappa shape index (κ3) is 1.87. The van der Waals surface area contributed by atoms with Crippen molar-refractivity contribution < 1.29 is 4.79 Å². The molecule has 0 bridgehead atoms. The molecule has 0 spiro atoms. The van der Waals surface area contributed by atoms with Gasteiger partial charge in [-0.05, 0) is 19.2 Å². The van der Waals surface area contributed by atoms with E-state index in [2.05, 4.69) is 17.1 Å². The Labute approximate surface area is 72.7 Å². The van der Waals surface area contributed by atoms with Crippen LogP contribution in [0.25, 0.3) is 0 Å². The Morgan fingerprint density at radius 1 is 1.75 bits per heavy atom. The van der Waals surface area contributed by atoms with Crippen molar-refractivity contribution >= 4 is 5.91 Å². The third-order valence-electron chi connectivity index (χ3n) is 1.89. The lowest BCUT2D eigenvalue weighted by Gasteiger charge is -2.21. The summed E-state index contributed by atoms with van der Waals surface area (Å²) in [7, 11) is 1.65. The number of carbonyl (C=O) groups is 1. The van der Waals surface area contributed by atoms with Crippen LogP contribution in [0.15, 0.2) is 23.9 Å². The second kappa shape index (κ2) is 3.95. The first-order chi connectivity index (χ1) is 5.77. The van der Waals surface area contributed by atoms with Crippen LogP contribution in [0.3, 0.4) is 0 Å². The molecule has 1 rings (SSSR count). The normalized spacial score (nSPS) is 15.8. The van der Waals surface area contributed by atoms with Gasteiger partial charge in [-0.25, -0.2) is 0 Å². The number of nitrogens with one attached hydrogen (secondary N) is 1. The molecular weight excluding hydrogens is 152 g/mol. The summed E-state index contributed by atoms with van der Waals surface area (Å²) in [5.41, 5.74) is 0.821. The van der Waals surface area contributed by atoms with Gasteiger partial charge in [0.2, 0.25) is 5.91 Å². The predicted octanol–water partition coefficient (Wildman–Crippen LogP) is 0.508. The van der Waals surface area contributed by atoms with Crippen molar-refractivity contribution in [1.29, 1.82) is 0 Å². The smallest absolute Gasteiger partial charge is 0.248 e. The molecular formula is C9H14N2O. The van der Waals surface area contributed by atoms with E-state index in [1.165, 1.54) is 0 Å². The van der Waals surface area contributed by atoms with Gasteiger partial charge in [0.25, 0.3) is 0 Å². The lowest BCUT2D eigenvalue weighted by Crippen LogP contribution is -2.30. The molecule has 0 aliphatic carbocycles. The summed E-state index contributed by atoms with van der Waals surface area (Å²) in [5, 5.41) is 2.61. The molecule has 1 heterocycles. The molecule has 0 aromatic carbocycles. The molecule has 0 unspecified atom stereocenters. The zero-order valence-electron chi connectivity index (χ0n) is 7.50. The van der Waals surface area contributed by atoms with Gasteiger partial charge in [0, 0.05) is 25.7 Å². The van der Waals surface area contributed by atoms with E-state index in [4.69, 9.17) is 0 Å². The van der Waals surface area contributed by atoms with Crippen molar-refractivity contribution in [2.75, 3.05) is 20.1 Å². The van der Waals surface area contributed by atoms with Crippen molar-refractivity contribution in [3.63, 3.8) is 0 Å². The maximum atomic E-state index is 11.2. The van der Waals surface area contributed by atoms with E-state index >= 15 is 0 Å². The van der Waals surface area contributed by atoms with Gasteiger partial charge in [0.1, 0.15) is 0 Å². The molecule has 3 heteroatoms. The van der Waals surface area contributed by atoms with E-state index in [-0.39, 0.29) is 5.91 Å². The Morgan fingerprint density at radius 2 is 2.50 bits per heavy atom. The molecule has 0 saturated heterocycles. The lowest BCUT2D eigenvalue weighted by molar-refractivity contribution is -0.117. The summed E-state index contributed by atoms with van der Waals surface area (Å²) in [6, 6.07) is 0. The number of hydrogen-bond donors (Lipinski definition) is 1. The van der Waals surface area contributed by atoms with Gasteiger partial charge in [-0.3, -0.25) is 4.79 Å². The van der Waals surface area contributed by atoms with E-state index in [1.807, 2.05) is 18.4 Å². The quantitative estimate of drug-likeness (QED) is 0.648. The van der Waals surface area contributed by atoms with Gasteiger partial charge in [-0.2, -0.15) is 0 Å². The van der Waals surface area contributed by atoms with Crippen molar-refractivity contribution in [2.45, 2.75) is 6.92 Å². The fraction of sp³-hybridized carbons (Fsp3) is 0.444. The molecule has 0 aromatic heterocycles. The zero-order valence-corrected chi connectivity index (χ0v) is 7.50. The number of hydrogen-bond acceptors (Lipinski definition) is 2. The fourth-order valence-electron chi connectivity index (χ4n) is 1.13. The van der Waals surface area contributed by atoms with Crippen LogP contribution in [0.1, 0.15) is 6.92 Å². The van der Waals surface area contributed by atoms with Crippen molar-refractivity contribution in [3.05, 3.63) is 23.9 Å². The maximum Gasteiger partial charge on any atom is 0.248 e. The van der Waals surface area contributed by atoms with Gasteiger partial charge >= 0.3 is 0 Å². The number of allylic oxidation sites excluding steroid dienone is 2. The minimum Gasteiger partial charge on any atom is -0.373 e. The molecule has 12 heavy (non-hydrogen) atoms. The highest BCUT2D eigenvalue weighted by Gasteiger charge is 2.11. The minimum atomic E-state index is 0.0119. The van der Waals surface area contributed by atoms with Crippen molar-refractivity contribution in [1.82, 2.24) is 10.2 Å². The highest BCUT2D eigenvalue weighted by molar-refractivity contribution is 5.94. The van der Waals surface area contributed by atoms with E-state index < -0.39 is 0 Å². The Hall–Kier alpha value is -1.25. The highest BCUT2D eigenvalue weighted by atomic mass is 16.1. The molecule has 0 radical (unpaired) electrons. The van der Waals surface area contributed by atoms with Crippen LogP contribution in [0.4, 0.5) is 0 Å². The maximum absolute atomic E-state index is 11.2. The Kier molecular flexibility index (Phi) is 2.91. The molecule has 1 aliphatic heterocycles. The Bertz CT molecular complexity index is 231. The zero-order chi connectivity index (χ0) is 8.97. The second-order valence-corrected chi connectivity index (χ2v) is 2.68. The van der Waals surface area contributed by atoms with E-state index in [1.54, 1.807) is 7.05 Å². The molecule has 1 amide bonds. The lowest BCUT2D eigenvalue weighted by atomic mass is 10.2. The van der Waals surface area contributed by atoms with Crippen LogP contribution >= 0.6 is 0 Å². The fourth-order valence-corrected chi connectivity index (χ4v) is 1.13. The average Bonchev–Trinajstić information content (AvgIpc) is 2.17. The second-order valence-electron chi connectivity index (χ2n) is 2.68. The molecule has 3 nitrogen and oxygen atoms in total. The van der Waals surface area contributed by atoms with Gasteiger partial charge < -0.3 is 10.2 Å². The average molecular weight is 166 g/mol. The molecule has 0 saturated carbocycles. The number of amides is 1. The van der Waals surface area contributed by atoms with Crippen LogP contribution < -0.4 is 5.32 Å². The molecule has 66 valence electrons. The largest absolute Gasteiger partial charge is 0.373 e. The first-order valence-electron chi connectivity index (χ1n) is 4.11. The number of likely N-dealkylation sites (N-methyl/N-ethyl adjacent to an activating group) is 2.